The molecule has 57 heavy (non-hydrogen) atoms. The lowest BCUT2D eigenvalue weighted by Crippen LogP contribution is -2.30. The second-order valence-electron chi connectivity index (χ2n) is 15.6. The van der Waals surface area contributed by atoms with Crippen molar-refractivity contribution in [3.8, 4) is 0 Å². The number of allylic oxidation sites excluding steroid dienone is 10. The van der Waals surface area contributed by atoms with Crippen LogP contribution in [0.5, 0.6) is 0 Å². The quantitative estimate of drug-likeness (QED) is 0.0265. The summed E-state index contributed by atoms with van der Waals surface area (Å²) in [6.07, 6.45) is 54.9. The second kappa shape index (κ2) is 45.8. The number of unbranched alkanes of at least 4 members (excludes halogenated alkanes) is 21. The second-order valence-corrected chi connectivity index (χ2v) is 15.6. The van der Waals surface area contributed by atoms with Gasteiger partial charge in [-0.2, -0.15) is 0 Å². The number of ether oxygens (including phenoxy) is 3. The van der Waals surface area contributed by atoms with Crippen LogP contribution in [0.2, 0.25) is 0 Å². The predicted octanol–water partition coefficient (Wildman–Crippen LogP) is 15.3. The van der Waals surface area contributed by atoms with Gasteiger partial charge in [-0.05, 0) is 96.3 Å². The molecule has 1 unspecified atom stereocenters. The van der Waals surface area contributed by atoms with Crippen molar-refractivity contribution < 1.29 is 28.6 Å². The maximum Gasteiger partial charge on any atom is 0.306 e. The first-order valence-corrected chi connectivity index (χ1v) is 23.8. The van der Waals surface area contributed by atoms with Crippen LogP contribution in [0.15, 0.2) is 60.8 Å². The molecule has 0 radical (unpaired) electrons. The summed E-state index contributed by atoms with van der Waals surface area (Å²) in [6.45, 7) is 6.37. The number of rotatable bonds is 42. The summed E-state index contributed by atoms with van der Waals surface area (Å²) in [6, 6.07) is 0. The van der Waals surface area contributed by atoms with Crippen LogP contribution in [0.25, 0.3) is 0 Å². The van der Waals surface area contributed by atoms with Crippen LogP contribution in [0, 0.1) is 0 Å². The van der Waals surface area contributed by atoms with Gasteiger partial charge in [0.05, 0.1) is 0 Å². The molecule has 0 N–H and O–H groups in total. The van der Waals surface area contributed by atoms with E-state index < -0.39 is 6.10 Å². The van der Waals surface area contributed by atoms with Crippen molar-refractivity contribution in [2.45, 2.75) is 232 Å². The zero-order chi connectivity index (χ0) is 41.5. The smallest absolute Gasteiger partial charge is 0.306 e. The fourth-order valence-electron chi connectivity index (χ4n) is 6.45. The number of hydrogen-bond acceptors (Lipinski definition) is 6. The summed E-state index contributed by atoms with van der Waals surface area (Å²) in [4.78, 5) is 37.8. The molecular formula is C51H88O6. The molecule has 0 aromatic carbocycles. The Labute approximate surface area is 351 Å². The zero-order valence-corrected chi connectivity index (χ0v) is 37.3. The third-order valence-electron chi connectivity index (χ3n) is 9.99. The molecule has 0 amide bonds. The van der Waals surface area contributed by atoms with E-state index in [1.807, 2.05) is 0 Å². The average molecular weight is 797 g/mol. The number of carbonyl (C=O) groups excluding carboxylic acids is 3. The molecule has 0 aromatic heterocycles. The highest BCUT2D eigenvalue weighted by atomic mass is 16.6. The maximum atomic E-state index is 12.7. The Morgan fingerprint density at radius 1 is 0.368 bits per heavy atom. The highest BCUT2D eigenvalue weighted by Gasteiger charge is 2.19. The Balaban J connectivity index is 4.42. The van der Waals surface area contributed by atoms with E-state index >= 15 is 0 Å². The summed E-state index contributed by atoms with van der Waals surface area (Å²) in [5.74, 6) is -0.930. The van der Waals surface area contributed by atoms with E-state index in [9.17, 15) is 14.4 Å². The predicted molar refractivity (Wildman–Crippen MR) is 242 cm³/mol. The fraction of sp³-hybridized carbons (Fsp3) is 0.745. The Kier molecular flexibility index (Phi) is 43.5. The molecule has 328 valence electrons. The molecule has 0 rings (SSSR count). The van der Waals surface area contributed by atoms with Gasteiger partial charge in [-0.15, -0.1) is 0 Å². The first kappa shape index (κ1) is 54.1. The standard InChI is InChI=1S/C51H88O6/c1-4-7-10-13-16-19-22-25-27-29-32-35-38-41-44-50(53)56-47-48(46-55-49(52)43-40-37-34-31-28-24-21-18-15-12-9-6-3)57-51(54)45-42-39-36-33-30-26-23-20-17-14-11-8-5-2/h7,9-10,12,16,18-19,21,26,30,48H,4-6,8,11,13-15,17,20,22-25,27-29,31-47H2,1-3H3/b10-7-,12-9-,19-16-,21-18-,30-26-. The topological polar surface area (TPSA) is 78.9 Å². The molecule has 0 aromatic rings. The minimum atomic E-state index is -0.788. The first-order valence-electron chi connectivity index (χ1n) is 23.8. The lowest BCUT2D eigenvalue weighted by atomic mass is 10.1. The lowest BCUT2D eigenvalue weighted by Gasteiger charge is -2.18. The first-order chi connectivity index (χ1) is 28.0. The summed E-state index contributed by atoms with van der Waals surface area (Å²) < 4.78 is 16.7. The van der Waals surface area contributed by atoms with E-state index in [1.165, 1.54) is 64.2 Å². The Bertz CT molecular complexity index is 1050. The van der Waals surface area contributed by atoms with Crippen LogP contribution in [0.3, 0.4) is 0 Å². The summed E-state index contributed by atoms with van der Waals surface area (Å²) >= 11 is 0. The average Bonchev–Trinajstić information content (AvgIpc) is 3.21. The summed E-state index contributed by atoms with van der Waals surface area (Å²) in [7, 11) is 0. The maximum absolute atomic E-state index is 12.7. The molecular weight excluding hydrogens is 709 g/mol. The van der Waals surface area contributed by atoms with E-state index in [0.29, 0.717) is 19.3 Å². The molecule has 0 bridgehead atoms. The van der Waals surface area contributed by atoms with Crippen molar-refractivity contribution in [2.24, 2.45) is 0 Å². The molecule has 0 aliphatic heterocycles. The molecule has 0 saturated carbocycles. The van der Waals surface area contributed by atoms with Crippen LogP contribution in [-0.4, -0.2) is 37.2 Å². The van der Waals surface area contributed by atoms with Gasteiger partial charge in [0, 0.05) is 19.3 Å². The molecule has 6 nitrogen and oxygen atoms in total. The van der Waals surface area contributed by atoms with Gasteiger partial charge >= 0.3 is 17.9 Å². The van der Waals surface area contributed by atoms with Gasteiger partial charge in [0.1, 0.15) is 13.2 Å². The zero-order valence-electron chi connectivity index (χ0n) is 37.3. The van der Waals surface area contributed by atoms with Crippen LogP contribution in [-0.2, 0) is 28.6 Å². The minimum absolute atomic E-state index is 0.0894. The van der Waals surface area contributed by atoms with Crippen molar-refractivity contribution in [3.05, 3.63) is 60.8 Å². The molecule has 6 heteroatoms. The van der Waals surface area contributed by atoms with E-state index in [4.69, 9.17) is 14.2 Å². The van der Waals surface area contributed by atoms with Crippen LogP contribution >= 0.6 is 0 Å². The van der Waals surface area contributed by atoms with E-state index in [-0.39, 0.29) is 31.1 Å². The number of esters is 3. The largest absolute Gasteiger partial charge is 0.462 e. The van der Waals surface area contributed by atoms with E-state index in [2.05, 4.69) is 81.5 Å². The highest BCUT2D eigenvalue weighted by molar-refractivity contribution is 5.71. The summed E-state index contributed by atoms with van der Waals surface area (Å²) in [5.41, 5.74) is 0. The Morgan fingerprint density at radius 3 is 1.09 bits per heavy atom. The SMILES string of the molecule is CC/C=C\C/C=C\CCCCCCCCCC(=O)OCC(COC(=O)CCCCCCC/C=C\C/C=C\CC)OC(=O)CCCCC/C=C\CCCCCCCC. The van der Waals surface area contributed by atoms with Gasteiger partial charge in [0.15, 0.2) is 6.10 Å². The normalized spacial score (nSPS) is 12.5. The van der Waals surface area contributed by atoms with Crippen molar-refractivity contribution in [1.29, 1.82) is 0 Å². The van der Waals surface area contributed by atoms with Crippen molar-refractivity contribution in [2.75, 3.05) is 13.2 Å². The number of carbonyl (C=O) groups is 3. The van der Waals surface area contributed by atoms with Gasteiger partial charge in [0.25, 0.3) is 0 Å². The molecule has 0 heterocycles. The molecule has 0 aliphatic carbocycles. The van der Waals surface area contributed by atoms with Crippen LogP contribution in [0.4, 0.5) is 0 Å². The monoisotopic (exact) mass is 797 g/mol. The Morgan fingerprint density at radius 2 is 0.684 bits per heavy atom. The van der Waals surface area contributed by atoms with Gasteiger partial charge < -0.3 is 14.2 Å². The Hall–Kier alpha value is -2.89. The third-order valence-corrected chi connectivity index (χ3v) is 9.99. The summed E-state index contributed by atoms with van der Waals surface area (Å²) in [5, 5.41) is 0. The van der Waals surface area contributed by atoms with E-state index in [0.717, 1.165) is 122 Å². The van der Waals surface area contributed by atoms with Gasteiger partial charge in [-0.25, -0.2) is 0 Å². The molecule has 0 saturated heterocycles. The highest BCUT2D eigenvalue weighted by Crippen LogP contribution is 2.13. The molecule has 1 atom stereocenters. The minimum Gasteiger partial charge on any atom is -0.462 e. The van der Waals surface area contributed by atoms with Crippen LogP contribution < -0.4 is 0 Å². The number of hydrogen-bond donors (Lipinski definition) is 0. The molecule has 0 aliphatic rings. The van der Waals surface area contributed by atoms with E-state index in [1.54, 1.807) is 0 Å². The lowest BCUT2D eigenvalue weighted by molar-refractivity contribution is -0.167. The van der Waals surface area contributed by atoms with Crippen molar-refractivity contribution in [3.63, 3.8) is 0 Å². The van der Waals surface area contributed by atoms with Gasteiger partial charge in [-0.1, -0.05) is 171 Å². The van der Waals surface area contributed by atoms with Gasteiger partial charge in [-0.3, -0.25) is 14.4 Å². The van der Waals surface area contributed by atoms with Crippen LogP contribution in [0.1, 0.15) is 226 Å². The molecule has 0 fully saturated rings. The third kappa shape index (κ3) is 44.1. The fourth-order valence-corrected chi connectivity index (χ4v) is 6.45. The van der Waals surface area contributed by atoms with Crippen molar-refractivity contribution in [1.82, 2.24) is 0 Å². The molecule has 0 spiro atoms. The van der Waals surface area contributed by atoms with Crippen molar-refractivity contribution >= 4 is 17.9 Å². The van der Waals surface area contributed by atoms with Gasteiger partial charge in [0.2, 0.25) is 0 Å².